The van der Waals surface area contributed by atoms with Crippen molar-refractivity contribution in [1.29, 1.82) is 0 Å². The average molecular weight is 408 g/mol. The van der Waals surface area contributed by atoms with Crippen molar-refractivity contribution in [2.24, 2.45) is 7.05 Å². The van der Waals surface area contributed by atoms with Crippen LogP contribution in [0.3, 0.4) is 0 Å². The van der Waals surface area contributed by atoms with Crippen LogP contribution in [-0.4, -0.2) is 36.3 Å². The summed E-state index contributed by atoms with van der Waals surface area (Å²) in [5, 5.41) is 23.4. The maximum Gasteiger partial charge on any atom is 0.269 e. The Labute approximate surface area is 169 Å². The third-order valence-electron chi connectivity index (χ3n) is 4.51. The van der Waals surface area contributed by atoms with Gasteiger partial charge in [0.2, 0.25) is 11.1 Å². The predicted molar refractivity (Wildman–Crippen MR) is 111 cm³/mol. The molecule has 0 saturated heterocycles. The van der Waals surface area contributed by atoms with Crippen molar-refractivity contribution in [3.63, 3.8) is 0 Å². The number of para-hydroxylation sites is 1. The molecule has 2 aromatic heterocycles. The minimum atomic E-state index is -0.470. The van der Waals surface area contributed by atoms with E-state index in [-0.39, 0.29) is 17.3 Å². The van der Waals surface area contributed by atoms with Crippen molar-refractivity contribution in [2.45, 2.75) is 12.1 Å². The van der Waals surface area contributed by atoms with Gasteiger partial charge in [-0.2, -0.15) is 0 Å². The molecule has 0 aliphatic heterocycles. The monoisotopic (exact) mass is 408 g/mol. The molecule has 29 heavy (non-hydrogen) atoms. The summed E-state index contributed by atoms with van der Waals surface area (Å²) in [6.45, 7) is 1.71. The Morgan fingerprint density at radius 1 is 1.24 bits per heavy atom. The number of aryl methyl sites for hydroxylation is 2. The standard InChI is InChI=1S/C19H16N6O3S/c1-11-9-12(25(27)28)7-8-14(11)20-16(26)10-29-19-21-18-17(22-23-19)13-5-3-4-6-15(13)24(18)2/h3-9H,10H2,1-2H3,(H,20,26). The molecule has 0 spiro atoms. The van der Waals surface area contributed by atoms with E-state index in [1.807, 2.05) is 35.9 Å². The maximum atomic E-state index is 12.3. The zero-order valence-electron chi connectivity index (χ0n) is 15.6. The van der Waals surface area contributed by atoms with E-state index in [1.165, 1.54) is 30.0 Å². The maximum absolute atomic E-state index is 12.3. The quantitative estimate of drug-likeness (QED) is 0.305. The molecule has 0 atom stereocenters. The lowest BCUT2D eigenvalue weighted by atomic mass is 10.2. The molecule has 10 heteroatoms. The lowest BCUT2D eigenvalue weighted by Gasteiger charge is -2.07. The Morgan fingerprint density at radius 3 is 2.79 bits per heavy atom. The number of fused-ring (bicyclic) bond motifs is 3. The van der Waals surface area contributed by atoms with Gasteiger partial charge in [0.25, 0.3) is 5.69 Å². The van der Waals surface area contributed by atoms with Gasteiger partial charge in [-0.15, -0.1) is 10.2 Å². The predicted octanol–water partition coefficient (Wildman–Crippen LogP) is 3.46. The third-order valence-corrected chi connectivity index (χ3v) is 5.35. The molecule has 0 radical (unpaired) electrons. The first kappa shape index (κ1) is 18.8. The molecule has 0 aliphatic rings. The molecule has 146 valence electrons. The average Bonchev–Trinajstić information content (AvgIpc) is 3.00. The molecule has 0 aliphatic carbocycles. The van der Waals surface area contributed by atoms with E-state index < -0.39 is 4.92 Å². The number of benzene rings is 2. The fourth-order valence-corrected chi connectivity index (χ4v) is 3.65. The van der Waals surface area contributed by atoms with Gasteiger partial charge >= 0.3 is 0 Å². The second kappa shape index (κ2) is 7.47. The summed E-state index contributed by atoms with van der Waals surface area (Å²) >= 11 is 1.18. The number of nitro groups is 1. The number of nitrogens with one attached hydrogen (secondary N) is 1. The molecule has 1 N–H and O–H groups in total. The highest BCUT2D eigenvalue weighted by Crippen LogP contribution is 2.26. The fraction of sp³-hybridized carbons (Fsp3) is 0.158. The highest BCUT2D eigenvalue weighted by Gasteiger charge is 2.14. The van der Waals surface area contributed by atoms with E-state index in [9.17, 15) is 14.9 Å². The number of hydrogen-bond donors (Lipinski definition) is 1. The molecular weight excluding hydrogens is 392 g/mol. The van der Waals surface area contributed by atoms with Crippen LogP contribution >= 0.6 is 11.8 Å². The molecule has 9 nitrogen and oxygen atoms in total. The van der Waals surface area contributed by atoms with E-state index in [1.54, 1.807) is 6.92 Å². The van der Waals surface area contributed by atoms with Crippen LogP contribution in [0.1, 0.15) is 5.56 Å². The van der Waals surface area contributed by atoms with Gasteiger partial charge in [0.15, 0.2) is 5.65 Å². The number of aromatic nitrogens is 4. The van der Waals surface area contributed by atoms with Crippen LogP contribution in [0.15, 0.2) is 47.6 Å². The molecule has 0 saturated carbocycles. The van der Waals surface area contributed by atoms with Gasteiger partial charge in [0.1, 0.15) is 5.52 Å². The van der Waals surface area contributed by atoms with Crippen LogP contribution < -0.4 is 5.32 Å². The highest BCUT2D eigenvalue weighted by atomic mass is 32.2. The van der Waals surface area contributed by atoms with Crippen LogP contribution in [0, 0.1) is 17.0 Å². The smallest absolute Gasteiger partial charge is 0.269 e. The van der Waals surface area contributed by atoms with Gasteiger partial charge in [-0.25, -0.2) is 4.98 Å². The highest BCUT2D eigenvalue weighted by molar-refractivity contribution is 7.99. The molecule has 4 rings (SSSR count). The number of nitrogens with zero attached hydrogens (tertiary/aromatic N) is 5. The van der Waals surface area contributed by atoms with Crippen LogP contribution in [0.4, 0.5) is 11.4 Å². The molecule has 2 heterocycles. The van der Waals surface area contributed by atoms with Crippen LogP contribution in [0.5, 0.6) is 0 Å². The Balaban J connectivity index is 1.48. The third kappa shape index (κ3) is 3.61. The number of nitro benzene ring substituents is 1. The zero-order valence-corrected chi connectivity index (χ0v) is 16.4. The van der Waals surface area contributed by atoms with Crippen LogP contribution in [-0.2, 0) is 11.8 Å². The van der Waals surface area contributed by atoms with Gasteiger partial charge in [0.05, 0.1) is 16.2 Å². The fourth-order valence-electron chi connectivity index (χ4n) is 3.07. The number of non-ortho nitro benzene ring substituents is 1. The Morgan fingerprint density at radius 2 is 2.03 bits per heavy atom. The number of rotatable bonds is 5. The van der Waals surface area contributed by atoms with E-state index >= 15 is 0 Å². The van der Waals surface area contributed by atoms with E-state index in [0.29, 0.717) is 22.1 Å². The lowest BCUT2D eigenvalue weighted by Crippen LogP contribution is -2.15. The van der Waals surface area contributed by atoms with Crippen molar-refractivity contribution in [2.75, 3.05) is 11.1 Å². The molecule has 0 bridgehead atoms. The Kier molecular flexibility index (Phi) is 4.85. The Bertz CT molecular complexity index is 1270. The van der Waals surface area contributed by atoms with Crippen molar-refractivity contribution < 1.29 is 9.72 Å². The number of thioether (sulfide) groups is 1. The second-order valence-corrected chi connectivity index (χ2v) is 7.38. The van der Waals surface area contributed by atoms with Crippen LogP contribution in [0.25, 0.3) is 22.1 Å². The van der Waals surface area contributed by atoms with Crippen molar-refractivity contribution in [3.8, 4) is 0 Å². The lowest BCUT2D eigenvalue weighted by molar-refractivity contribution is -0.384. The topological polar surface area (TPSA) is 116 Å². The van der Waals surface area contributed by atoms with E-state index in [4.69, 9.17) is 0 Å². The van der Waals surface area contributed by atoms with E-state index in [0.717, 1.165) is 16.4 Å². The summed E-state index contributed by atoms with van der Waals surface area (Å²) in [5.41, 5.74) is 3.57. The number of amides is 1. The van der Waals surface area contributed by atoms with Gasteiger partial charge in [-0.1, -0.05) is 30.0 Å². The molecule has 2 aromatic carbocycles. The van der Waals surface area contributed by atoms with Crippen molar-refractivity contribution >= 4 is 51.1 Å². The van der Waals surface area contributed by atoms with Gasteiger partial charge in [0, 0.05) is 30.3 Å². The summed E-state index contributed by atoms with van der Waals surface area (Å²) in [7, 11) is 1.91. The van der Waals surface area contributed by atoms with E-state index in [2.05, 4.69) is 20.5 Å². The number of hydrogen-bond acceptors (Lipinski definition) is 7. The molecule has 4 aromatic rings. The first-order valence-corrected chi connectivity index (χ1v) is 9.68. The summed E-state index contributed by atoms with van der Waals surface area (Å²) in [6.07, 6.45) is 0. The summed E-state index contributed by atoms with van der Waals surface area (Å²) < 4.78 is 1.95. The molecular formula is C19H16N6O3S. The molecule has 1 amide bonds. The number of carbonyl (C=O) groups excluding carboxylic acids is 1. The number of anilines is 1. The van der Waals surface area contributed by atoms with Crippen molar-refractivity contribution in [3.05, 3.63) is 58.1 Å². The minimum absolute atomic E-state index is 0.0161. The summed E-state index contributed by atoms with van der Waals surface area (Å²) in [4.78, 5) is 27.2. The Hall–Kier alpha value is -3.53. The van der Waals surface area contributed by atoms with Gasteiger partial charge in [-0.05, 0) is 24.6 Å². The molecule has 0 unspecified atom stereocenters. The number of carbonyl (C=O) groups is 1. The largest absolute Gasteiger partial charge is 0.327 e. The normalized spacial score (nSPS) is 11.1. The summed E-state index contributed by atoms with van der Waals surface area (Å²) in [6, 6.07) is 12.2. The van der Waals surface area contributed by atoms with Gasteiger partial charge in [-0.3, -0.25) is 14.9 Å². The first-order chi connectivity index (χ1) is 13.9. The SMILES string of the molecule is Cc1cc([N+](=O)[O-])ccc1NC(=O)CSc1nnc2c3ccccc3n(C)c2n1. The minimum Gasteiger partial charge on any atom is -0.327 e. The van der Waals surface area contributed by atoms with Gasteiger partial charge < -0.3 is 9.88 Å². The molecule has 0 fully saturated rings. The second-order valence-electron chi connectivity index (χ2n) is 6.44. The van der Waals surface area contributed by atoms with Crippen LogP contribution in [0.2, 0.25) is 0 Å². The zero-order chi connectivity index (χ0) is 20.5. The summed E-state index contributed by atoms with van der Waals surface area (Å²) in [5.74, 6) is -0.166. The van der Waals surface area contributed by atoms with Crippen molar-refractivity contribution in [1.82, 2.24) is 19.7 Å². The first-order valence-electron chi connectivity index (χ1n) is 8.69.